The highest BCUT2D eigenvalue weighted by Crippen LogP contribution is 2.19. The standard InChI is InChI=1S/C8H14ClNO4/c1-8(13,7(12)14-4)5(9)6(11)10(2)3/h5,13H,1-4H3/t5-,8-/m1/s1. The van der Waals surface area contributed by atoms with E-state index in [-0.39, 0.29) is 0 Å². The van der Waals surface area contributed by atoms with Gasteiger partial charge in [-0.1, -0.05) is 0 Å². The Balaban J connectivity index is 4.74. The lowest BCUT2D eigenvalue weighted by molar-refractivity contribution is -0.163. The maximum Gasteiger partial charge on any atom is 0.339 e. The average Bonchev–Trinajstić information content (AvgIpc) is 2.13. The van der Waals surface area contributed by atoms with Gasteiger partial charge < -0.3 is 14.7 Å². The predicted octanol–water partition coefficient (Wildman–Crippen LogP) is -0.394. The van der Waals surface area contributed by atoms with Gasteiger partial charge in [-0.15, -0.1) is 11.6 Å². The molecule has 0 aromatic rings. The van der Waals surface area contributed by atoms with E-state index in [1.54, 1.807) is 0 Å². The molecule has 0 spiro atoms. The van der Waals surface area contributed by atoms with E-state index in [0.717, 1.165) is 14.0 Å². The quantitative estimate of drug-likeness (QED) is 0.523. The van der Waals surface area contributed by atoms with Crippen LogP contribution >= 0.6 is 11.6 Å². The summed E-state index contributed by atoms with van der Waals surface area (Å²) in [6.07, 6.45) is 0. The van der Waals surface area contributed by atoms with E-state index >= 15 is 0 Å². The van der Waals surface area contributed by atoms with Crippen molar-refractivity contribution in [2.45, 2.75) is 17.9 Å². The first-order valence-corrected chi connectivity index (χ1v) is 4.34. The average molecular weight is 224 g/mol. The first kappa shape index (κ1) is 13.2. The van der Waals surface area contributed by atoms with Gasteiger partial charge in [0.05, 0.1) is 7.11 Å². The van der Waals surface area contributed by atoms with Crippen molar-refractivity contribution in [3.05, 3.63) is 0 Å². The number of methoxy groups -OCH3 is 1. The number of nitrogens with zero attached hydrogens (tertiary/aromatic N) is 1. The van der Waals surface area contributed by atoms with E-state index in [0.29, 0.717) is 0 Å². The van der Waals surface area contributed by atoms with E-state index in [4.69, 9.17) is 11.6 Å². The molecule has 0 aromatic heterocycles. The molecule has 5 nitrogen and oxygen atoms in total. The van der Waals surface area contributed by atoms with Gasteiger partial charge in [0.15, 0.2) is 11.0 Å². The minimum atomic E-state index is -2.02. The van der Waals surface area contributed by atoms with Gasteiger partial charge in [-0.25, -0.2) is 4.79 Å². The molecular weight excluding hydrogens is 210 g/mol. The summed E-state index contributed by atoms with van der Waals surface area (Å²) >= 11 is 5.65. The zero-order valence-corrected chi connectivity index (χ0v) is 9.33. The lowest BCUT2D eigenvalue weighted by Crippen LogP contribution is -2.51. The number of amides is 1. The van der Waals surface area contributed by atoms with Crippen molar-refractivity contribution >= 4 is 23.5 Å². The van der Waals surface area contributed by atoms with Crippen LogP contribution in [0.4, 0.5) is 0 Å². The van der Waals surface area contributed by atoms with Crippen LogP contribution in [-0.2, 0) is 14.3 Å². The number of aliphatic hydroxyl groups is 1. The summed E-state index contributed by atoms with van der Waals surface area (Å²) in [6.45, 7) is 1.14. The van der Waals surface area contributed by atoms with Crippen LogP contribution < -0.4 is 0 Å². The summed E-state index contributed by atoms with van der Waals surface area (Å²) in [5.41, 5.74) is -2.02. The van der Waals surface area contributed by atoms with Crippen LogP contribution in [0.1, 0.15) is 6.92 Å². The highest BCUT2D eigenvalue weighted by Gasteiger charge is 2.44. The Hall–Kier alpha value is -0.810. The molecule has 0 saturated heterocycles. The molecule has 0 aliphatic heterocycles. The molecule has 14 heavy (non-hydrogen) atoms. The maximum atomic E-state index is 11.3. The van der Waals surface area contributed by atoms with E-state index in [2.05, 4.69) is 4.74 Å². The van der Waals surface area contributed by atoms with Gasteiger partial charge in [0.1, 0.15) is 0 Å². The van der Waals surface area contributed by atoms with Crippen LogP contribution in [0.25, 0.3) is 0 Å². The molecular formula is C8H14ClNO4. The fourth-order valence-electron chi connectivity index (χ4n) is 0.777. The van der Waals surface area contributed by atoms with Crippen LogP contribution in [0.15, 0.2) is 0 Å². The molecule has 6 heteroatoms. The summed E-state index contributed by atoms with van der Waals surface area (Å²) in [5.74, 6) is -1.49. The van der Waals surface area contributed by atoms with Gasteiger partial charge in [0.2, 0.25) is 5.91 Å². The summed E-state index contributed by atoms with van der Waals surface area (Å²) in [6, 6.07) is 0. The third kappa shape index (κ3) is 2.59. The van der Waals surface area contributed by atoms with E-state index < -0.39 is 22.9 Å². The Bertz CT molecular complexity index is 239. The van der Waals surface area contributed by atoms with Crippen LogP contribution in [0.2, 0.25) is 0 Å². The SMILES string of the molecule is COC(=O)[C@](C)(O)[C@H](Cl)C(=O)N(C)C. The third-order valence-corrected chi connectivity index (χ3v) is 2.36. The minimum Gasteiger partial charge on any atom is -0.467 e. The number of esters is 1. The molecule has 0 fully saturated rings. The molecule has 0 bridgehead atoms. The van der Waals surface area contributed by atoms with Crippen molar-refractivity contribution in [2.24, 2.45) is 0 Å². The van der Waals surface area contributed by atoms with Crippen molar-refractivity contribution < 1.29 is 19.4 Å². The molecule has 82 valence electrons. The molecule has 1 N–H and O–H groups in total. The smallest absolute Gasteiger partial charge is 0.339 e. The first-order chi connectivity index (χ1) is 6.25. The zero-order chi connectivity index (χ0) is 11.5. The topological polar surface area (TPSA) is 66.8 Å². The Morgan fingerprint density at radius 2 is 1.93 bits per heavy atom. The van der Waals surface area contributed by atoms with E-state index in [1.165, 1.54) is 19.0 Å². The van der Waals surface area contributed by atoms with E-state index in [9.17, 15) is 14.7 Å². The van der Waals surface area contributed by atoms with Crippen LogP contribution in [0.5, 0.6) is 0 Å². The number of carbonyl (C=O) groups excluding carboxylic acids is 2. The Kier molecular flexibility index (Phi) is 4.35. The molecule has 0 radical (unpaired) electrons. The summed E-state index contributed by atoms with van der Waals surface area (Å²) in [4.78, 5) is 23.6. The lowest BCUT2D eigenvalue weighted by atomic mass is 10.0. The Labute approximate surface area is 87.6 Å². The molecule has 0 aliphatic carbocycles. The monoisotopic (exact) mass is 223 g/mol. The molecule has 0 rings (SSSR count). The van der Waals surface area contributed by atoms with Gasteiger partial charge in [0, 0.05) is 14.1 Å². The van der Waals surface area contributed by atoms with Gasteiger partial charge in [0.25, 0.3) is 0 Å². The van der Waals surface area contributed by atoms with Crippen molar-refractivity contribution in [3.8, 4) is 0 Å². The molecule has 0 aromatic carbocycles. The summed E-state index contributed by atoms with van der Waals surface area (Å²) in [7, 11) is 4.07. The number of rotatable bonds is 3. The molecule has 0 aliphatic rings. The number of halogens is 1. The second kappa shape index (κ2) is 4.61. The number of ether oxygens (including phenoxy) is 1. The number of hydrogen-bond acceptors (Lipinski definition) is 4. The van der Waals surface area contributed by atoms with Gasteiger partial charge >= 0.3 is 5.97 Å². The molecule has 0 saturated carbocycles. The fraction of sp³-hybridized carbons (Fsp3) is 0.750. The predicted molar refractivity (Wildman–Crippen MR) is 51.0 cm³/mol. The van der Waals surface area contributed by atoms with Gasteiger partial charge in [-0.3, -0.25) is 4.79 Å². The van der Waals surface area contributed by atoms with Gasteiger partial charge in [-0.05, 0) is 6.92 Å². The fourth-order valence-corrected chi connectivity index (χ4v) is 1.06. The number of carbonyl (C=O) groups is 2. The minimum absolute atomic E-state index is 0.554. The van der Waals surface area contributed by atoms with Crippen molar-refractivity contribution in [1.29, 1.82) is 0 Å². The Morgan fingerprint density at radius 3 is 2.21 bits per heavy atom. The first-order valence-electron chi connectivity index (χ1n) is 3.91. The van der Waals surface area contributed by atoms with Crippen molar-refractivity contribution in [3.63, 3.8) is 0 Å². The molecule has 0 heterocycles. The molecule has 1 amide bonds. The summed E-state index contributed by atoms with van der Waals surface area (Å²) in [5, 5.41) is 8.26. The summed E-state index contributed by atoms with van der Waals surface area (Å²) < 4.78 is 4.32. The van der Waals surface area contributed by atoms with Crippen molar-refractivity contribution in [1.82, 2.24) is 4.90 Å². The largest absolute Gasteiger partial charge is 0.467 e. The highest BCUT2D eigenvalue weighted by molar-refractivity contribution is 6.33. The number of hydrogen-bond donors (Lipinski definition) is 1. The second-order valence-corrected chi connectivity index (χ2v) is 3.67. The second-order valence-electron chi connectivity index (χ2n) is 3.23. The normalized spacial score (nSPS) is 16.7. The maximum absolute atomic E-state index is 11.3. The van der Waals surface area contributed by atoms with E-state index in [1.807, 2.05) is 0 Å². The highest BCUT2D eigenvalue weighted by atomic mass is 35.5. The van der Waals surface area contributed by atoms with Crippen LogP contribution in [0, 0.1) is 0 Å². The van der Waals surface area contributed by atoms with Gasteiger partial charge in [-0.2, -0.15) is 0 Å². The number of alkyl halides is 1. The lowest BCUT2D eigenvalue weighted by Gasteiger charge is -2.26. The van der Waals surface area contributed by atoms with Crippen molar-refractivity contribution in [2.75, 3.05) is 21.2 Å². The third-order valence-electron chi connectivity index (χ3n) is 1.75. The zero-order valence-electron chi connectivity index (χ0n) is 8.57. The molecule has 0 unspecified atom stereocenters. The molecule has 2 atom stereocenters. The Morgan fingerprint density at radius 1 is 1.50 bits per heavy atom. The van der Waals surface area contributed by atoms with Crippen LogP contribution in [0.3, 0.4) is 0 Å². The van der Waals surface area contributed by atoms with Crippen LogP contribution in [-0.4, -0.2) is 54.1 Å².